The highest BCUT2D eigenvalue weighted by Gasteiger charge is 2.24. The summed E-state index contributed by atoms with van der Waals surface area (Å²) >= 11 is 0. The first-order valence-corrected chi connectivity index (χ1v) is 21.1. The van der Waals surface area contributed by atoms with Crippen LogP contribution in [-0.4, -0.2) is 24.1 Å². The van der Waals surface area contributed by atoms with Crippen molar-refractivity contribution in [3.8, 4) is 0 Å². The van der Waals surface area contributed by atoms with Crippen molar-refractivity contribution in [2.45, 2.75) is 233 Å². The molecule has 0 saturated heterocycles. The highest BCUT2D eigenvalue weighted by molar-refractivity contribution is 6.03. The van der Waals surface area contributed by atoms with Crippen molar-refractivity contribution in [2.75, 3.05) is 0 Å². The predicted molar refractivity (Wildman–Crippen MR) is 206 cm³/mol. The number of rotatable bonds is 34. The molecule has 2 atom stereocenters. The Morgan fingerprint density at radius 1 is 0.396 bits per heavy atom. The molecule has 0 aromatic heterocycles. The zero-order valence-corrected chi connectivity index (χ0v) is 32.3. The molecule has 0 N–H and O–H groups in total. The molecule has 1 aromatic rings. The summed E-state index contributed by atoms with van der Waals surface area (Å²) in [6.07, 6.45) is 35.6. The number of hydrogen-bond donors (Lipinski definition) is 0. The lowest BCUT2D eigenvalue weighted by Crippen LogP contribution is -2.23. The Labute approximate surface area is 298 Å². The first kappa shape index (κ1) is 44.2. The first-order valence-electron chi connectivity index (χ1n) is 21.1. The summed E-state index contributed by atoms with van der Waals surface area (Å²) in [7, 11) is 0. The van der Waals surface area contributed by atoms with E-state index in [1.165, 1.54) is 141 Å². The molecule has 278 valence electrons. The Morgan fingerprint density at radius 3 is 0.875 bits per heavy atom. The van der Waals surface area contributed by atoms with Gasteiger partial charge in [0.25, 0.3) is 0 Å². The summed E-state index contributed by atoms with van der Waals surface area (Å²) in [5.74, 6) is -0.750. The van der Waals surface area contributed by atoms with E-state index in [4.69, 9.17) is 9.47 Å². The minimum atomic E-state index is -0.375. The Hall–Kier alpha value is -1.84. The standard InChI is InChI=1S/C44H78O4/c1-5-9-13-17-19-21-25-29-35-39(33-27-23-15-11-7-3)47-43(45)41-37-31-32-38-42(41)44(46)48-40(34-28-24-16-12-8-4)36-30-26-22-20-18-14-10-6-2/h31-32,37-40H,5-30,33-36H2,1-4H3. The van der Waals surface area contributed by atoms with Gasteiger partial charge in [-0.3, -0.25) is 0 Å². The Balaban J connectivity index is 2.80. The SMILES string of the molecule is CCCCCCCCCCC(CCCCCCC)OC(=O)c1ccccc1C(=O)OC(CCCCCCC)CCCCCCCCCC. The second-order valence-electron chi connectivity index (χ2n) is 14.5. The van der Waals surface area contributed by atoms with Gasteiger partial charge in [0.2, 0.25) is 0 Å². The molecular formula is C44H78O4. The molecule has 48 heavy (non-hydrogen) atoms. The quantitative estimate of drug-likeness (QED) is 0.0541. The van der Waals surface area contributed by atoms with Crippen molar-refractivity contribution < 1.29 is 19.1 Å². The number of unbranched alkanes of at least 4 members (excludes halogenated alkanes) is 22. The maximum atomic E-state index is 13.6. The summed E-state index contributed by atoms with van der Waals surface area (Å²) in [5, 5.41) is 0. The number of carbonyl (C=O) groups excluding carboxylic acids is 2. The maximum absolute atomic E-state index is 13.6. The average molecular weight is 671 g/mol. The van der Waals surface area contributed by atoms with E-state index in [-0.39, 0.29) is 24.1 Å². The fraction of sp³-hybridized carbons (Fsp3) is 0.818. The highest BCUT2D eigenvalue weighted by Crippen LogP contribution is 2.23. The molecule has 0 amide bonds. The van der Waals surface area contributed by atoms with E-state index in [0.717, 1.165) is 51.4 Å². The third-order valence-electron chi connectivity index (χ3n) is 9.93. The van der Waals surface area contributed by atoms with Crippen LogP contribution in [0.25, 0.3) is 0 Å². The van der Waals surface area contributed by atoms with Crippen molar-refractivity contribution in [1.29, 1.82) is 0 Å². The number of benzene rings is 1. The summed E-state index contributed by atoms with van der Waals surface area (Å²) < 4.78 is 12.4. The molecular weight excluding hydrogens is 592 g/mol. The van der Waals surface area contributed by atoms with Crippen LogP contribution in [0.15, 0.2) is 24.3 Å². The van der Waals surface area contributed by atoms with Crippen molar-refractivity contribution >= 4 is 11.9 Å². The lowest BCUT2D eigenvalue weighted by molar-refractivity contribution is 0.0201. The van der Waals surface area contributed by atoms with Crippen molar-refractivity contribution in [1.82, 2.24) is 0 Å². The van der Waals surface area contributed by atoms with Gasteiger partial charge in [-0.25, -0.2) is 9.59 Å². The van der Waals surface area contributed by atoms with Crippen LogP contribution in [0.3, 0.4) is 0 Å². The fourth-order valence-electron chi connectivity index (χ4n) is 6.76. The van der Waals surface area contributed by atoms with Crippen LogP contribution in [0.1, 0.15) is 241 Å². The van der Waals surface area contributed by atoms with E-state index >= 15 is 0 Å². The van der Waals surface area contributed by atoms with Crippen LogP contribution in [-0.2, 0) is 9.47 Å². The van der Waals surface area contributed by atoms with Gasteiger partial charge < -0.3 is 9.47 Å². The molecule has 0 saturated carbocycles. The van der Waals surface area contributed by atoms with Gasteiger partial charge in [-0.15, -0.1) is 0 Å². The molecule has 0 bridgehead atoms. The van der Waals surface area contributed by atoms with Crippen LogP contribution < -0.4 is 0 Å². The van der Waals surface area contributed by atoms with E-state index in [0.29, 0.717) is 11.1 Å². The van der Waals surface area contributed by atoms with Gasteiger partial charge in [0, 0.05) is 0 Å². The lowest BCUT2D eigenvalue weighted by Gasteiger charge is -2.21. The van der Waals surface area contributed by atoms with Crippen molar-refractivity contribution in [3.63, 3.8) is 0 Å². The number of esters is 2. The molecule has 0 spiro atoms. The molecule has 0 heterocycles. The van der Waals surface area contributed by atoms with Gasteiger partial charge in [0.15, 0.2) is 0 Å². The molecule has 0 radical (unpaired) electrons. The Kier molecular flexibility index (Phi) is 29.8. The number of ether oxygens (including phenoxy) is 2. The van der Waals surface area contributed by atoms with Crippen LogP contribution >= 0.6 is 0 Å². The van der Waals surface area contributed by atoms with E-state index in [9.17, 15) is 9.59 Å². The van der Waals surface area contributed by atoms with Gasteiger partial charge >= 0.3 is 11.9 Å². The van der Waals surface area contributed by atoms with Crippen LogP contribution in [0.2, 0.25) is 0 Å². The normalized spacial score (nSPS) is 12.6. The van der Waals surface area contributed by atoms with Gasteiger partial charge in [0.1, 0.15) is 12.2 Å². The van der Waals surface area contributed by atoms with Crippen LogP contribution in [0.5, 0.6) is 0 Å². The zero-order chi connectivity index (χ0) is 34.9. The van der Waals surface area contributed by atoms with E-state index in [2.05, 4.69) is 27.7 Å². The molecule has 4 heteroatoms. The Morgan fingerprint density at radius 2 is 0.625 bits per heavy atom. The van der Waals surface area contributed by atoms with Crippen LogP contribution in [0, 0.1) is 0 Å². The number of hydrogen-bond acceptors (Lipinski definition) is 4. The average Bonchev–Trinajstić information content (AvgIpc) is 3.09. The summed E-state index contributed by atoms with van der Waals surface area (Å²) in [4.78, 5) is 27.2. The third-order valence-corrected chi connectivity index (χ3v) is 9.93. The molecule has 1 aromatic carbocycles. The molecule has 1 rings (SSSR count). The van der Waals surface area contributed by atoms with Gasteiger partial charge in [-0.05, 0) is 63.5 Å². The number of carbonyl (C=O) groups is 2. The summed E-state index contributed by atoms with van der Waals surface area (Å²) in [6.45, 7) is 9.00. The highest BCUT2D eigenvalue weighted by atomic mass is 16.5. The second-order valence-corrected chi connectivity index (χ2v) is 14.5. The molecule has 0 fully saturated rings. The molecule has 2 unspecified atom stereocenters. The van der Waals surface area contributed by atoms with E-state index in [1.807, 2.05) is 12.1 Å². The summed E-state index contributed by atoms with van der Waals surface area (Å²) in [6, 6.07) is 7.15. The second kappa shape index (κ2) is 32.4. The minimum absolute atomic E-state index is 0.0962. The molecule has 0 aliphatic heterocycles. The smallest absolute Gasteiger partial charge is 0.339 e. The topological polar surface area (TPSA) is 52.6 Å². The van der Waals surface area contributed by atoms with Gasteiger partial charge in [0.05, 0.1) is 11.1 Å². The van der Waals surface area contributed by atoms with E-state index < -0.39 is 0 Å². The first-order chi connectivity index (χ1) is 23.6. The van der Waals surface area contributed by atoms with Crippen LogP contribution in [0.4, 0.5) is 0 Å². The monoisotopic (exact) mass is 671 g/mol. The minimum Gasteiger partial charge on any atom is -0.459 e. The maximum Gasteiger partial charge on any atom is 0.339 e. The predicted octanol–water partition coefficient (Wildman–Crippen LogP) is 14.5. The molecule has 0 aliphatic rings. The lowest BCUT2D eigenvalue weighted by atomic mass is 10.0. The Bertz CT molecular complexity index is 809. The van der Waals surface area contributed by atoms with E-state index in [1.54, 1.807) is 12.1 Å². The van der Waals surface area contributed by atoms with Gasteiger partial charge in [-0.1, -0.05) is 181 Å². The zero-order valence-electron chi connectivity index (χ0n) is 32.3. The van der Waals surface area contributed by atoms with Gasteiger partial charge in [-0.2, -0.15) is 0 Å². The molecule has 4 nitrogen and oxygen atoms in total. The fourth-order valence-corrected chi connectivity index (χ4v) is 6.76. The largest absolute Gasteiger partial charge is 0.459 e. The summed E-state index contributed by atoms with van der Waals surface area (Å²) in [5.41, 5.74) is 0.700. The molecule has 0 aliphatic carbocycles. The van der Waals surface area contributed by atoms with Crippen molar-refractivity contribution in [2.24, 2.45) is 0 Å². The third kappa shape index (κ3) is 23.5. The van der Waals surface area contributed by atoms with Crippen molar-refractivity contribution in [3.05, 3.63) is 35.4 Å².